The molecule has 16 heavy (non-hydrogen) atoms. The molecule has 2 heterocycles. The summed E-state index contributed by atoms with van der Waals surface area (Å²) in [4.78, 5) is 15.1. The minimum atomic E-state index is -0.942. The van der Waals surface area contributed by atoms with Crippen molar-refractivity contribution in [2.75, 3.05) is 0 Å². The smallest absolute Gasteiger partial charge is 0.335 e. The molecule has 0 amide bonds. The van der Waals surface area contributed by atoms with Gasteiger partial charge in [0, 0.05) is 6.20 Å². The zero-order valence-electron chi connectivity index (χ0n) is 8.84. The highest BCUT2D eigenvalue weighted by Gasteiger charge is 2.25. The fraction of sp³-hybridized carbons (Fsp3) is 0.167. The molecule has 0 spiro atoms. The summed E-state index contributed by atoms with van der Waals surface area (Å²) in [6, 6.07) is 3.07. The summed E-state index contributed by atoms with van der Waals surface area (Å²) in [5, 5.41) is 12.1. The number of rotatable bonds is 2. The molecule has 82 valence electrons. The number of carboxylic acids is 1. The number of carboxylic acid groups (broad SMARTS) is 1. The topological polar surface area (TPSA) is 62.2 Å². The lowest BCUT2D eigenvalue weighted by Gasteiger charge is -2.28. The molecule has 0 aromatic carbocycles. The minimum absolute atomic E-state index is 0.246. The van der Waals surface area contributed by atoms with Crippen molar-refractivity contribution in [2.24, 2.45) is 0 Å². The van der Waals surface area contributed by atoms with Crippen molar-refractivity contribution >= 4 is 5.97 Å². The molecule has 2 N–H and O–H groups in total. The Morgan fingerprint density at radius 1 is 1.50 bits per heavy atom. The van der Waals surface area contributed by atoms with Crippen LogP contribution in [0.2, 0.25) is 0 Å². The Balaban J connectivity index is 2.40. The molecule has 4 heteroatoms. The standard InChI is InChI=1S/C12H12N2O2/c1-12(5-2-3-6-14-12)10-8-9(11(15)16)4-7-13-10/h2-8,14H,1H3,(H,15,16). The summed E-state index contributed by atoms with van der Waals surface area (Å²) < 4.78 is 0. The number of nitrogens with zero attached hydrogens (tertiary/aromatic N) is 1. The third-order valence-electron chi connectivity index (χ3n) is 2.56. The summed E-state index contributed by atoms with van der Waals surface area (Å²) >= 11 is 0. The molecule has 1 aliphatic heterocycles. The van der Waals surface area contributed by atoms with Crippen LogP contribution in [0, 0.1) is 0 Å². The second-order valence-corrected chi connectivity index (χ2v) is 3.80. The lowest BCUT2D eigenvalue weighted by Crippen LogP contribution is -2.36. The maximum Gasteiger partial charge on any atom is 0.335 e. The normalized spacial score (nSPS) is 22.8. The van der Waals surface area contributed by atoms with E-state index in [-0.39, 0.29) is 5.56 Å². The number of aromatic carboxylic acids is 1. The highest BCUT2D eigenvalue weighted by molar-refractivity contribution is 5.87. The van der Waals surface area contributed by atoms with Crippen LogP contribution in [0.5, 0.6) is 0 Å². The Labute approximate surface area is 93.3 Å². The molecule has 1 aliphatic rings. The Bertz CT molecular complexity index is 480. The van der Waals surface area contributed by atoms with Crippen molar-refractivity contribution in [1.29, 1.82) is 0 Å². The predicted octanol–water partition coefficient (Wildman–Crippen LogP) is 1.67. The molecule has 2 rings (SSSR count). The predicted molar refractivity (Wildman–Crippen MR) is 60.0 cm³/mol. The first kappa shape index (κ1) is 10.4. The monoisotopic (exact) mass is 216 g/mol. The van der Waals surface area contributed by atoms with Gasteiger partial charge in [-0.3, -0.25) is 4.98 Å². The van der Waals surface area contributed by atoms with Gasteiger partial charge in [0.1, 0.15) is 0 Å². The molecule has 1 unspecified atom stereocenters. The maximum atomic E-state index is 10.9. The lowest BCUT2D eigenvalue weighted by atomic mass is 9.94. The number of nitrogens with one attached hydrogen (secondary N) is 1. The molecular formula is C12H12N2O2. The Morgan fingerprint density at radius 3 is 2.94 bits per heavy atom. The van der Waals surface area contributed by atoms with Crippen molar-refractivity contribution in [3.05, 3.63) is 54.0 Å². The SMILES string of the molecule is CC1(c2cc(C(=O)O)ccn2)C=CC=CN1. The zero-order valence-corrected chi connectivity index (χ0v) is 8.84. The molecule has 0 bridgehead atoms. The molecule has 0 fully saturated rings. The maximum absolute atomic E-state index is 10.9. The highest BCUT2D eigenvalue weighted by atomic mass is 16.4. The number of pyridine rings is 1. The van der Waals surface area contributed by atoms with Crippen LogP contribution in [-0.4, -0.2) is 16.1 Å². The number of hydrogen-bond donors (Lipinski definition) is 2. The average Bonchev–Trinajstić information content (AvgIpc) is 2.30. The fourth-order valence-corrected chi connectivity index (χ4v) is 1.58. The van der Waals surface area contributed by atoms with Crippen molar-refractivity contribution in [1.82, 2.24) is 10.3 Å². The molecule has 4 nitrogen and oxygen atoms in total. The molecule has 1 aromatic heterocycles. The molecule has 1 aromatic rings. The minimum Gasteiger partial charge on any atom is -0.478 e. The van der Waals surface area contributed by atoms with E-state index < -0.39 is 11.5 Å². The largest absolute Gasteiger partial charge is 0.478 e. The average molecular weight is 216 g/mol. The Hall–Kier alpha value is -2.10. The first-order valence-corrected chi connectivity index (χ1v) is 4.94. The van der Waals surface area contributed by atoms with E-state index in [9.17, 15) is 4.79 Å². The highest BCUT2D eigenvalue weighted by Crippen LogP contribution is 2.23. The third kappa shape index (κ3) is 1.82. The van der Waals surface area contributed by atoms with Crippen LogP contribution >= 0.6 is 0 Å². The van der Waals surface area contributed by atoms with Crippen LogP contribution in [0.15, 0.2) is 42.8 Å². The van der Waals surface area contributed by atoms with E-state index in [2.05, 4.69) is 10.3 Å². The van der Waals surface area contributed by atoms with E-state index in [1.54, 1.807) is 6.07 Å². The van der Waals surface area contributed by atoms with Gasteiger partial charge in [0.15, 0.2) is 0 Å². The number of hydrogen-bond acceptors (Lipinski definition) is 3. The number of dihydropyridines is 1. The Morgan fingerprint density at radius 2 is 2.31 bits per heavy atom. The zero-order chi connectivity index (χ0) is 11.6. The first-order chi connectivity index (χ1) is 7.62. The van der Waals surface area contributed by atoms with Gasteiger partial charge in [-0.05, 0) is 31.3 Å². The van der Waals surface area contributed by atoms with Crippen molar-refractivity contribution in [3.8, 4) is 0 Å². The van der Waals surface area contributed by atoms with E-state index in [4.69, 9.17) is 5.11 Å². The van der Waals surface area contributed by atoms with E-state index in [0.29, 0.717) is 5.69 Å². The van der Waals surface area contributed by atoms with Crippen molar-refractivity contribution in [3.63, 3.8) is 0 Å². The molecule has 0 saturated carbocycles. The van der Waals surface area contributed by atoms with Crippen LogP contribution in [0.1, 0.15) is 23.0 Å². The number of aromatic nitrogens is 1. The van der Waals surface area contributed by atoms with Gasteiger partial charge in [-0.25, -0.2) is 4.79 Å². The van der Waals surface area contributed by atoms with E-state index in [0.717, 1.165) is 0 Å². The van der Waals surface area contributed by atoms with Gasteiger partial charge in [0.2, 0.25) is 0 Å². The molecule has 0 aliphatic carbocycles. The van der Waals surface area contributed by atoms with Crippen molar-refractivity contribution < 1.29 is 9.90 Å². The molecule has 0 saturated heterocycles. The van der Waals surface area contributed by atoms with Crippen molar-refractivity contribution in [2.45, 2.75) is 12.5 Å². The van der Waals surface area contributed by atoms with Crippen LogP contribution in [0.3, 0.4) is 0 Å². The van der Waals surface area contributed by atoms with Gasteiger partial charge in [-0.2, -0.15) is 0 Å². The summed E-state index contributed by atoms with van der Waals surface area (Å²) in [7, 11) is 0. The number of carbonyl (C=O) groups is 1. The summed E-state index contributed by atoms with van der Waals surface area (Å²) in [6.45, 7) is 1.95. The van der Waals surface area contributed by atoms with E-state index in [1.165, 1.54) is 12.3 Å². The van der Waals surface area contributed by atoms with Crippen LogP contribution < -0.4 is 5.32 Å². The van der Waals surface area contributed by atoms with Crippen LogP contribution in [0.25, 0.3) is 0 Å². The van der Waals surface area contributed by atoms with Gasteiger partial charge in [-0.15, -0.1) is 0 Å². The number of allylic oxidation sites excluding steroid dienone is 2. The summed E-state index contributed by atoms with van der Waals surface area (Å²) in [5.41, 5.74) is 0.490. The van der Waals surface area contributed by atoms with Gasteiger partial charge in [-0.1, -0.05) is 12.2 Å². The quantitative estimate of drug-likeness (QED) is 0.789. The fourth-order valence-electron chi connectivity index (χ4n) is 1.58. The Kier molecular flexibility index (Phi) is 2.48. The molecular weight excluding hydrogens is 204 g/mol. The van der Waals surface area contributed by atoms with Gasteiger partial charge < -0.3 is 10.4 Å². The van der Waals surface area contributed by atoms with Crippen LogP contribution in [-0.2, 0) is 5.54 Å². The molecule has 1 atom stereocenters. The summed E-state index contributed by atoms with van der Waals surface area (Å²) in [6.07, 6.45) is 9.06. The second kappa shape index (κ2) is 3.81. The summed E-state index contributed by atoms with van der Waals surface area (Å²) in [5.74, 6) is -0.942. The second-order valence-electron chi connectivity index (χ2n) is 3.80. The first-order valence-electron chi connectivity index (χ1n) is 4.94. The third-order valence-corrected chi connectivity index (χ3v) is 2.56. The van der Waals surface area contributed by atoms with E-state index in [1.807, 2.05) is 31.4 Å². The van der Waals surface area contributed by atoms with Gasteiger partial charge in [0.25, 0.3) is 0 Å². The lowest BCUT2D eigenvalue weighted by molar-refractivity contribution is 0.0696. The van der Waals surface area contributed by atoms with Gasteiger partial charge in [0.05, 0.1) is 16.8 Å². The van der Waals surface area contributed by atoms with Gasteiger partial charge >= 0.3 is 5.97 Å². The van der Waals surface area contributed by atoms with Crippen LogP contribution in [0.4, 0.5) is 0 Å². The molecule has 0 radical (unpaired) electrons. The van der Waals surface area contributed by atoms with E-state index >= 15 is 0 Å².